The number of nitrogens with zero attached hydrogens (tertiary/aromatic N) is 1. The number of amides is 1. The van der Waals surface area contributed by atoms with Gasteiger partial charge in [0.05, 0.1) is 16.2 Å². The van der Waals surface area contributed by atoms with Gasteiger partial charge in [0.15, 0.2) is 11.5 Å². The fourth-order valence-corrected chi connectivity index (χ4v) is 2.78. The first kappa shape index (κ1) is 17.3. The predicted octanol–water partition coefficient (Wildman–Crippen LogP) is 4.32. The molecular weight excluding hydrogens is 362 g/mol. The maximum absolute atomic E-state index is 12.8. The van der Waals surface area contributed by atoms with E-state index in [1.54, 1.807) is 54.6 Å². The molecule has 1 aliphatic rings. The van der Waals surface area contributed by atoms with Crippen molar-refractivity contribution in [1.29, 1.82) is 0 Å². The molecular formula is C20H15N3O5. The summed E-state index contributed by atoms with van der Waals surface area (Å²) in [5, 5.41) is 16.7. The number of ether oxygens (including phenoxy) is 2. The minimum atomic E-state index is -0.462. The lowest BCUT2D eigenvalue weighted by atomic mass is 10.1. The number of benzene rings is 3. The van der Waals surface area contributed by atoms with E-state index in [0.717, 1.165) is 0 Å². The highest BCUT2D eigenvalue weighted by molar-refractivity contribution is 6.08. The van der Waals surface area contributed by atoms with E-state index < -0.39 is 4.92 Å². The van der Waals surface area contributed by atoms with Crippen molar-refractivity contribution in [2.45, 2.75) is 0 Å². The van der Waals surface area contributed by atoms with Crippen LogP contribution in [0.15, 0.2) is 66.7 Å². The molecule has 1 heterocycles. The Morgan fingerprint density at radius 1 is 0.929 bits per heavy atom. The first-order valence-corrected chi connectivity index (χ1v) is 8.42. The van der Waals surface area contributed by atoms with Crippen LogP contribution in [-0.4, -0.2) is 17.6 Å². The van der Waals surface area contributed by atoms with E-state index in [1.165, 1.54) is 12.1 Å². The maximum Gasteiger partial charge on any atom is 0.269 e. The average Bonchev–Trinajstić information content (AvgIpc) is 3.16. The van der Waals surface area contributed by atoms with Crippen LogP contribution in [0.3, 0.4) is 0 Å². The van der Waals surface area contributed by atoms with Crippen LogP contribution in [-0.2, 0) is 0 Å². The molecule has 8 heteroatoms. The van der Waals surface area contributed by atoms with Gasteiger partial charge in [-0.2, -0.15) is 0 Å². The Bertz CT molecular complexity index is 1050. The molecule has 4 rings (SSSR count). The van der Waals surface area contributed by atoms with Gasteiger partial charge in [0.25, 0.3) is 11.6 Å². The van der Waals surface area contributed by atoms with Gasteiger partial charge in [-0.05, 0) is 36.4 Å². The van der Waals surface area contributed by atoms with Gasteiger partial charge in [-0.25, -0.2) is 0 Å². The number of fused-ring (bicyclic) bond motifs is 1. The molecule has 0 saturated heterocycles. The molecule has 0 fully saturated rings. The molecule has 0 aromatic heterocycles. The molecule has 2 N–H and O–H groups in total. The summed E-state index contributed by atoms with van der Waals surface area (Å²) in [6, 6.07) is 18.2. The zero-order chi connectivity index (χ0) is 19.5. The van der Waals surface area contributed by atoms with Crippen LogP contribution in [0.2, 0.25) is 0 Å². The molecule has 0 unspecified atom stereocenters. The van der Waals surface area contributed by atoms with Gasteiger partial charge in [-0.3, -0.25) is 14.9 Å². The SMILES string of the molecule is O=C(Nc1ccc2c(c1)OCO2)c1ccccc1Nc1ccc([N+](=O)[O-])cc1. The Kier molecular flexibility index (Phi) is 4.51. The number of anilines is 3. The van der Waals surface area contributed by atoms with Crippen LogP contribution in [0.5, 0.6) is 11.5 Å². The minimum Gasteiger partial charge on any atom is -0.454 e. The fraction of sp³-hybridized carbons (Fsp3) is 0.0500. The summed E-state index contributed by atoms with van der Waals surface area (Å²) in [5.74, 6) is 0.914. The smallest absolute Gasteiger partial charge is 0.269 e. The third-order valence-electron chi connectivity index (χ3n) is 4.16. The monoisotopic (exact) mass is 377 g/mol. The van der Waals surface area contributed by atoms with Crippen molar-refractivity contribution in [3.8, 4) is 11.5 Å². The third-order valence-corrected chi connectivity index (χ3v) is 4.16. The third kappa shape index (κ3) is 3.56. The molecule has 3 aromatic carbocycles. The second kappa shape index (κ2) is 7.28. The summed E-state index contributed by atoms with van der Waals surface area (Å²) in [6.45, 7) is 0.161. The Hall–Kier alpha value is -4.07. The van der Waals surface area contributed by atoms with Crippen LogP contribution < -0.4 is 20.1 Å². The second-order valence-corrected chi connectivity index (χ2v) is 6.00. The summed E-state index contributed by atoms with van der Waals surface area (Å²) < 4.78 is 10.6. The number of rotatable bonds is 5. The standard InChI is InChI=1S/C20H15N3O5/c24-20(22-14-7-10-18-19(11-14)28-12-27-18)16-3-1-2-4-17(16)21-13-5-8-15(9-6-13)23(25)26/h1-11,21H,12H2,(H,22,24). The zero-order valence-electron chi connectivity index (χ0n) is 14.5. The van der Waals surface area contributed by atoms with Gasteiger partial charge in [-0.15, -0.1) is 0 Å². The summed E-state index contributed by atoms with van der Waals surface area (Å²) >= 11 is 0. The molecule has 140 valence electrons. The van der Waals surface area contributed by atoms with Crippen molar-refractivity contribution >= 4 is 28.7 Å². The number of nitrogens with one attached hydrogen (secondary N) is 2. The van der Waals surface area contributed by atoms with E-state index in [4.69, 9.17) is 9.47 Å². The fourth-order valence-electron chi connectivity index (χ4n) is 2.78. The minimum absolute atomic E-state index is 0.000568. The molecule has 0 saturated carbocycles. The van der Waals surface area contributed by atoms with Gasteiger partial charge < -0.3 is 20.1 Å². The van der Waals surface area contributed by atoms with Crippen LogP contribution in [0.25, 0.3) is 0 Å². The highest BCUT2D eigenvalue weighted by atomic mass is 16.7. The molecule has 0 bridgehead atoms. The van der Waals surface area contributed by atoms with Crippen molar-refractivity contribution in [3.63, 3.8) is 0 Å². The Morgan fingerprint density at radius 3 is 2.43 bits per heavy atom. The Labute approximate surface area is 159 Å². The lowest BCUT2D eigenvalue weighted by molar-refractivity contribution is -0.384. The van der Waals surface area contributed by atoms with Crippen molar-refractivity contribution in [1.82, 2.24) is 0 Å². The Balaban J connectivity index is 1.53. The quantitative estimate of drug-likeness (QED) is 0.507. The van der Waals surface area contributed by atoms with Gasteiger partial charge in [-0.1, -0.05) is 12.1 Å². The van der Waals surface area contributed by atoms with Gasteiger partial charge in [0.2, 0.25) is 6.79 Å². The first-order chi connectivity index (χ1) is 13.6. The number of hydrogen-bond acceptors (Lipinski definition) is 6. The molecule has 28 heavy (non-hydrogen) atoms. The van der Waals surface area contributed by atoms with E-state index in [2.05, 4.69) is 10.6 Å². The predicted molar refractivity (Wildman–Crippen MR) is 103 cm³/mol. The van der Waals surface area contributed by atoms with E-state index in [1.807, 2.05) is 0 Å². The summed E-state index contributed by atoms with van der Waals surface area (Å²) in [4.78, 5) is 23.1. The highest BCUT2D eigenvalue weighted by Crippen LogP contribution is 2.34. The van der Waals surface area contributed by atoms with Gasteiger partial charge in [0.1, 0.15) is 0 Å². The second-order valence-electron chi connectivity index (χ2n) is 6.00. The largest absolute Gasteiger partial charge is 0.454 e. The molecule has 3 aromatic rings. The number of carbonyl (C=O) groups is 1. The maximum atomic E-state index is 12.8. The summed E-state index contributed by atoms with van der Waals surface area (Å²) in [7, 11) is 0. The zero-order valence-corrected chi connectivity index (χ0v) is 14.5. The molecule has 0 atom stereocenters. The topological polar surface area (TPSA) is 103 Å². The van der Waals surface area contributed by atoms with Crippen molar-refractivity contribution in [2.75, 3.05) is 17.4 Å². The van der Waals surface area contributed by atoms with Crippen LogP contribution in [0, 0.1) is 10.1 Å². The van der Waals surface area contributed by atoms with Crippen molar-refractivity contribution in [2.24, 2.45) is 0 Å². The highest BCUT2D eigenvalue weighted by Gasteiger charge is 2.16. The molecule has 0 aliphatic carbocycles. The number of nitro groups is 1. The number of non-ortho nitro benzene ring substituents is 1. The van der Waals surface area contributed by atoms with Crippen LogP contribution in [0.1, 0.15) is 10.4 Å². The Morgan fingerprint density at radius 2 is 1.64 bits per heavy atom. The number of nitro benzene ring substituents is 1. The normalized spacial score (nSPS) is 11.7. The molecule has 0 radical (unpaired) electrons. The molecule has 1 amide bonds. The van der Waals surface area contributed by atoms with E-state index >= 15 is 0 Å². The van der Waals surface area contributed by atoms with Crippen LogP contribution >= 0.6 is 0 Å². The number of para-hydroxylation sites is 1. The van der Waals surface area contributed by atoms with Crippen molar-refractivity contribution < 1.29 is 19.2 Å². The van der Waals surface area contributed by atoms with Gasteiger partial charge >= 0.3 is 0 Å². The molecule has 0 spiro atoms. The molecule has 8 nitrogen and oxygen atoms in total. The van der Waals surface area contributed by atoms with Crippen molar-refractivity contribution in [3.05, 3.63) is 82.4 Å². The van der Waals surface area contributed by atoms with E-state index in [-0.39, 0.29) is 18.4 Å². The number of carbonyl (C=O) groups excluding carboxylic acids is 1. The van der Waals surface area contributed by atoms with E-state index in [0.29, 0.717) is 34.1 Å². The lowest BCUT2D eigenvalue weighted by Crippen LogP contribution is -2.13. The summed E-state index contributed by atoms with van der Waals surface area (Å²) in [6.07, 6.45) is 0. The summed E-state index contributed by atoms with van der Waals surface area (Å²) in [5.41, 5.74) is 2.22. The number of hydrogen-bond donors (Lipinski definition) is 2. The van der Waals surface area contributed by atoms with Gasteiger partial charge in [0, 0.05) is 29.6 Å². The average molecular weight is 377 g/mol. The molecule has 1 aliphatic heterocycles. The lowest BCUT2D eigenvalue weighted by Gasteiger charge is -2.12. The van der Waals surface area contributed by atoms with E-state index in [9.17, 15) is 14.9 Å². The first-order valence-electron chi connectivity index (χ1n) is 8.42. The van der Waals surface area contributed by atoms with Crippen LogP contribution in [0.4, 0.5) is 22.7 Å².